The molecular formula is C13H16FNO4. The van der Waals surface area contributed by atoms with E-state index in [9.17, 15) is 14.0 Å². The van der Waals surface area contributed by atoms with Gasteiger partial charge in [-0.1, -0.05) is 6.07 Å². The molecule has 104 valence electrons. The van der Waals surface area contributed by atoms with E-state index < -0.39 is 11.8 Å². The summed E-state index contributed by atoms with van der Waals surface area (Å²) in [7, 11) is 1.25. The highest BCUT2D eigenvalue weighted by atomic mass is 19.1. The minimum atomic E-state index is -0.499. The zero-order valence-corrected chi connectivity index (χ0v) is 10.9. The first-order chi connectivity index (χ1) is 9.06. The largest absolute Gasteiger partial charge is 0.484 e. The Kier molecular flexibility index (Phi) is 5.78. The Labute approximate surface area is 110 Å². The topological polar surface area (TPSA) is 55.8 Å². The fourth-order valence-corrected chi connectivity index (χ4v) is 1.39. The molecule has 5 nitrogen and oxygen atoms in total. The quantitative estimate of drug-likeness (QED) is 0.729. The molecule has 0 spiro atoms. The van der Waals surface area contributed by atoms with Crippen LogP contribution in [0.4, 0.5) is 4.39 Å². The molecule has 0 unspecified atom stereocenters. The average Bonchev–Trinajstić information content (AvgIpc) is 2.41. The summed E-state index contributed by atoms with van der Waals surface area (Å²) in [5, 5.41) is 0. The highest BCUT2D eigenvalue weighted by Crippen LogP contribution is 2.11. The number of nitrogens with zero attached hydrogens (tertiary/aromatic N) is 1. The number of likely N-dealkylation sites (N-methyl/N-ethyl adjacent to an activating group) is 1. The van der Waals surface area contributed by atoms with Crippen LogP contribution in [0.2, 0.25) is 0 Å². The molecule has 0 aliphatic carbocycles. The molecule has 1 rings (SSSR count). The molecule has 0 aromatic heterocycles. The number of carbonyl (C=O) groups is 2. The van der Waals surface area contributed by atoms with Crippen molar-refractivity contribution in [3.63, 3.8) is 0 Å². The second-order valence-electron chi connectivity index (χ2n) is 3.73. The molecule has 19 heavy (non-hydrogen) atoms. The molecule has 0 radical (unpaired) electrons. The van der Waals surface area contributed by atoms with E-state index in [0.29, 0.717) is 6.54 Å². The van der Waals surface area contributed by atoms with E-state index >= 15 is 0 Å². The molecule has 0 saturated carbocycles. The van der Waals surface area contributed by atoms with E-state index in [2.05, 4.69) is 4.74 Å². The lowest BCUT2D eigenvalue weighted by Gasteiger charge is -2.19. The fraction of sp³-hybridized carbons (Fsp3) is 0.385. The lowest BCUT2D eigenvalue weighted by Crippen LogP contribution is -2.38. The zero-order valence-electron chi connectivity index (χ0n) is 10.9. The van der Waals surface area contributed by atoms with Gasteiger partial charge in [0.15, 0.2) is 6.61 Å². The third-order valence-corrected chi connectivity index (χ3v) is 2.44. The smallest absolute Gasteiger partial charge is 0.325 e. The van der Waals surface area contributed by atoms with Crippen molar-refractivity contribution in [3.05, 3.63) is 30.1 Å². The van der Waals surface area contributed by atoms with Gasteiger partial charge < -0.3 is 14.4 Å². The van der Waals surface area contributed by atoms with Gasteiger partial charge in [0.1, 0.15) is 18.1 Å². The SMILES string of the molecule is CCN(CC(=O)OC)C(=O)COc1cccc(F)c1. The van der Waals surface area contributed by atoms with Gasteiger partial charge in [-0.15, -0.1) is 0 Å². The minimum Gasteiger partial charge on any atom is -0.484 e. The lowest BCUT2D eigenvalue weighted by molar-refractivity contribution is -0.147. The molecule has 1 aromatic carbocycles. The number of hydrogen-bond donors (Lipinski definition) is 0. The highest BCUT2D eigenvalue weighted by Gasteiger charge is 2.16. The van der Waals surface area contributed by atoms with Gasteiger partial charge in [0, 0.05) is 12.6 Å². The number of halogens is 1. The van der Waals surface area contributed by atoms with Crippen molar-refractivity contribution in [1.82, 2.24) is 4.90 Å². The predicted molar refractivity (Wildman–Crippen MR) is 66.2 cm³/mol. The minimum absolute atomic E-state index is 0.127. The van der Waals surface area contributed by atoms with Gasteiger partial charge in [-0.25, -0.2) is 4.39 Å². The van der Waals surface area contributed by atoms with Crippen LogP contribution in [-0.2, 0) is 14.3 Å². The monoisotopic (exact) mass is 269 g/mol. The van der Waals surface area contributed by atoms with Gasteiger partial charge >= 0.3 is 5.97 Å². The molecule has 0 aliphatic heterocycles. The first kappa shape index (κ1) is 14.9. The van der Waals surface area contributed by atoms with Crippen molar-refractivity contribution in [2.24, 2.45) is 0 Å². The van der Waals surface area contributed by atoms with Crippen LogP contribution in [0.25, 0.3) is 0 Å². The van der Waals surface area contributed by atoms with Crippen molar-refractivity contribution >= 4 is 11.9 Å². The summed E-state index contributed by atoms with van der Waals surface area (Å²) in [6.45, 7) is 1.72. The molecule has 6 heteroatoms. The molecule has 1 aromatic rings. The van der Waals surface area contributed by atoms with E-state index in [1.807, 2.05) is 0 Å². The first-order valence-electron chi connectivity index (χ1n) is 5.79. The third-order valence-electron chi connectivity index (χ3n) is 2.44. The van der Waals surface area contributed by atoms with Gasteiger partial charge in [-0.2, -0.15) is 0 Å². The van der Waals surface area contributed by atoms with E-state index in [-0.39, 0.29) is 24.8 Å². The number of rotatable bonds is 6. The molecule has 0 saturated heterocycles. The van der Waals surface area contributed by atoms with E-state index in [4.69, 9.17) is 4.74 Å². The van der Waals surface area contributed by atoms with Crippen molar-refractivity contribution in [2.75, 3.05) is 26.8 Å². The van der Waals surface area contributed by atoms with E-state index in [1.165, 1.54) is 30.2 Å². The average molecular weight is 269 g/mol. The summed E-state index contributed by atoms with van der Waals surface area (Å²) in [6.07, 6.45) is 0. The normalized spacial score (nSPS) is 9.84. The van der Waals surface area contributed by atoms with Crippen LogP contribution >= 0.6 is 0 Å². The Morgan fingerprint density at radius 1 is 1.37 bits per heavy atom. The molecule has 0 atom stereocenters. The number of amides is 1. The molecule has 0 bridgehead atoms. The summed E-state index contributed by atoms with van der Waals surface area (Å²) in [5.74, 6) is -1.03. The molecule has 0 aliphatic rings. The number of hydrogen-bond acceptors (Lipinski definition) is 4. The van der Waals surface area contributed by atoms with E-state index in [0.717, 1.165) is 0 Å². The van der Waals surface area contributed by atoms with Crippen LogP contribution in [-0.4, -0.2) is 43.6 Å². The summed E-state index contributed by atoms with van der Waals surface area (Å²) in [5.41, 5.74) is 0. The van der Waals surface area contributed by atoms with Crippen molar-refractivity contribution < 1.29 is 23.5 Å². The zero-order chi connectivity index (χ0) is 14.3. The molecular weight excluding hydrogens is 253 g/mol. The van der Waals surface area contributed by atoms with Gasteiger partial charge in [-0.05, 0) is 19.1 Å². The maximum atomic E-state index is 12.9. The van der Waals surface area contributed by atoms with Crippen molar-refractivity contribution in [1.29, 1.82) is 0 Å². The Balaban J connectivity index is 2.51. The van der Waals surface area contributed by atoms with E-state index in [1.54, 1.807) is 13.0 Å². The number of carbonyl (C=O) groups excluding carboxylic acids is 2. The molecule has 0 fully saturated rings. The van der Waals surface area contributed by atoms with Gasteiger partial charge in [-0.3, -0.25) is 9.59 Å². The van der Waals surface area contributed by atoms with Gasteiger partial charge in [0.2, 0.25) is 0 Å². The Morgan fingerprint density at radius 3 is 2.68 bits per heavy atom. The highest BCUT2D eigenvalue weighted by molar-refractivity contribution is 5.82. The summed E-state index contributed by atoms with van der Waals surface area (Å²) >= 11 is 0. The maximum absolute atomic E-state index is 12.9. The first-order valence-corrected chi connectivity index (χ1v) is 5.79. The molecule has 0 N–H and O–H groups in total. The summed E-state index contributed by atoms with van der Waals surface area (Å²) in [4.78, 5) is 24.2. The van der Waals surface area contributed by atoms with Crippen molar-refractivity contribution in [2.45, 2.75) is 6.92 Å². The lowest BCUT2D eigenvalue weighted by atomic mass is 10.3. The number of methoxy groups -OCH3 is 1. The number of esters is 1. The predicted octanol–water partition coefficient (Wildman–Crippen LogP) is 1.23. The van der Waals surface area contributed by atoms with Crippen LogP contribution in [0.1, 0.15) is 6.92 Å². The van der Waals surface area contributed by atoms with Crippen LogP contribution in [0, 0.1) is 5.82 Å². The van der Waals surface area contributed by atoms with Crippen molar-refractivity contribution in [3.8, 4) is 5.75 Å². The van der Waals surface area contributed by atoms with Crippen LogP contribution in [0.3, 0.4) is 0 Å². The van der Waals surface area contributed by atoms with Crippen LogP contribution < -0.4 is 4.74 Å². The second-order valence-corrected chi connectivity index (χ2v) is 3.73. The Bertz CT molecular complexity index is 450. The summed E-state index contributed by atoms with van der Waals surface area (Å²) in [6, 6.07) is 5.50. The number of ether oxygens (including phenoxy) is 2. The number of benzene rings is 1. The Hall–Kier alpha value is -2.11. The van der Waals surface area contributed by atoms with Gasteiger partial charge in [0.25, 0.3) is 5.91 Å². The molecule has 0 heterocycles. The third kappa shape index (κ3) is 4.95. The van der Waals surface area contributed by atoms with Gasteiger partial charge in [0.05, 0.1) is 7.11 Å². The fourth-order valence-electron chi connectivity index (χ4n) is 1.39. The maximum Gasteiger partial charge on any atom is 0.325 e. The summed E-state index contributed by atoms with van der Waals surface area (Å²) < 4.78 is 22.5. The second kappa shape index (κ2) is 7.35. The van der Waals surface area contributed by atoms with Crippen LogP contribution in [0.15, 0.2) is 24.3 Å². The van der Waals surface area contributed by atoms with Crippen LogP contribution in [0.5, 0.6) is 5.75 Å². The standard InChI is InChI=1S/C13H16FNO4/c1-3-15(8-13(17)18-2)12(16)9-19-11-6-4-5-10(14)7-11/h4-7H,3,8-9H2,1-2H3. The molecule has 1 amide bonds. The Morgan fingerprint density at radius 2 is 2.11 bits per heavy atom.